The second-order valence-electron chi connectivity index (χ2n) is 2.01. The van der Waals surface area contributed by atoms with Gasteiger partial charge in [-0.1, -0.05) is 6.92 Å². The highest BCUT2D eigenvalue weighted by molar-refractivity contribution is 4.84. The predicted molar refractivity (Wildman–Crippen MR) is 39.2 cm³/mol. The van der Waals surface area contributed by atoms with E-state index in [9.17, 15) is 0 Å². The molecule has 0 N–H and O–H groups in total. The summed E-state index contributed by atoms with van der Waals surface area (Å²) in [6, 6.07) is 0. The van der Waals surface area contributed by atoms with Gasteiger partial charge in [-0.25, -0.2) is 0 Å². The Morgan fingerprint density at radius 2 is 2.33 bits per heavy atom. The van der Waals surface area contributed by atoms with Gasteiger partial charge in [0.25, 0.3) is 0 Å². The lowest BCUT2D eigenvalue weighted by Crippen LogP contribution is -2.07. The average Bonchev–Trinajstić information content (AvgIpc) is 1.91. The Hall–Kier alpha value is -0.480. The third-order valence-corrected chi connectivity index (χ3v) is 1.40. The van der Waals surface area contributed by atoms with Gasteiger partial charge in [-0.05, 0) is 12.8 Å². The van der Waals surface area contributed by atoms with Crippen molar-refractivity contribution in [3.63, 3.8) is 0 Å². The molecule has 0 bridgehead atoms. The summed E-state index contributed by atoms with van der Waals surface area (Å²) in [6.45, 7) is 2.10. The molecule has 0 aromatic carbocycles. The van der Waals surface area contributed by atoms with Crippen LogP contribution in [0, 0.1) is 12.3 Å². The van der Waals surface area contributed by atoms with E-state index in [1.54, 1.807) is 7.11 Å². The standard InChI is InChI=1S/C8H14O/c1-4-6-7-8(5-2)9-3/h1,8H,5-7H2,2-3H3. The van der Waals surface area contributed by atoms with Crippen LogP contribution in [0.25, 0.3) is 0 Å². The normalized spacial score (nSPS) is 12.6. The summed E-state index contributed by atoms with van der Waals surface area (Å²) in [5.74, 6) is 2.59. The highest BCUT2D eigenvalue weighted by Crippen LogP contribution is 2.03. The minimum atomic E-state index is 0.362. The smallest absolute Gasteiger partial charge is 0.0577 e. The summed E-state index contributed by atoms with van der Waals surface area (Å²) in [5, 5.41) is 0. The van der Waals surface area contributed by atoms with Crippen LogP contribution in [0.15, 0.2) is 0 Å². The van der Waals surface area contributed by atoms with Crippen molar-refractivity contribution in [3.05, 3.63) is 0 Å². The van der Waals surface area contributed by atoms with Crippen molar-refractivity contribution in [1.82, 2.24) is 0 Å². The number of methoxy groups -OCH3 is 1. The number of ether oxygens (including phenoxy) is 1. The summed E-state index contributed by atoms with van der Waals surface area (Å²) in [6.07, 6.45) is 8.31. The quantitative estimate of drug-likeness (QED) is 0.522. The van der Waals surface area contributed by atoms with Crippen LogP contribution < -0.4 is 0 Å². The van der Waals surface area contributed by atoms with E-state index in [4.69, 9.17) is 11.2 Å². The topological polar surface area (TPSA) is 9.23 Å². The number of terminal acetylenes is 1. The highest BCUT2D eigenvalue weighted by atomic mass is 16.5. The summed E-state index contributed by atoms with van der Waals surface area (Å²) in [7, 11) is 1.73. The Balaban J connectivity index is 3.22. The fourth-order valence-corrected chi connectivity index (χ4v) is 0.733. The maximum atomic E-state index is 5.11. The van der Waals surface area contributed by atoms with Crippen LogP contribution in [0.5, 0.6) is 0 Å². The minimum absolute atomic E-state index is 0.362. The summed E-state index contributed by atoms with van der Waals surface area (Å²) >= 11 is 0. The molecule has 0 fully saturated rings. The van der Waals surface area contributed by atoms with E-state index in [0.29, 0.717) is 6.10 Å². The maximum absolute atomic E-state index is 5.11. The Bertz CT molecular complexity index is 87.2. The van der Waals surface area contributed by atoms with Gasteiger partial charge in [0.05, 0.1) is 6.10 Å². The van der Waals surface area contributed by atoms with Crippen LogP contribution in [0.1, 0.15) is 26.2 Å². The minimum Gasteiger partial charge on any atom is -0.381 e. The summed E-state index contributed by atoms with van der Waals surface area (Å²) < 4.78 is 5.11. The molecule has 0 aromatic heterocycles. The van der Waals surface area contributed by atoms with Gasteiger partial charge < -0.3 is 4.74 Å². The lowest BCUT2D eigenvalue weighted by molar-refractivity contribution is 0.0935. The van der Waals surface area contributed by atoms with E-state index >= 15 is 0 Å². The predicted octanol–water partition coefficient (Wildman–Crippen LogP) is 1.82. The molecular weight excluding hydrogens is 112 g/mol. The van der Waals surface area contributed by atoms with E-state index in [0.717, 1.165) is 19.3 Å². The van der Waals surface area contributed by atoms with Gasteiger partial charge in [0.1, 0.15) is 0 Å². The van der Waals surface area contributed by atoms with E-state index in [1.807, 2.05) is 0 Å². The fraction of sp³-hybridized carbons (Fsp3) is 0.750. The van der Waals surface area contributed by atoms with Crippen molar-refractivity contribution in [1.29, 1.82) is 0 Å². The van der Waals surface area contributed by atoms with Gasteiger partial charge in [-0.15, -0.1) is 12.3 Å². The molecule has 1 unspecified atom stereocenters. The molecule has 0 saturated heterocycles. The molecule has 0 aliphatic rings. The van der Waals surface area contributed by atoms with Crippen molar-refractivity contribution in [2.45, 2.75) is 32.3 Å². The van der Waals surface area contributed by atoms with Crippen LogP contribution in [-0.4, -0.2) is 13.2 Å². The third kappa shape index (κ3) is 4.05. The van der Waals surface area contributed by atoms with Crippen LogP contribution >= 0.6 is 0 Å². The third-order valence-electron chi connectivity index (χ3n) is 1.40. The van der Waals surface area contributed by atoms with E-state index in [-0.39, 0.29) is 0 Å². The SMILES string of the molecule is C#CCCC(CC)OC. The van der Waals surface area contributed by atoms with Crippen molar-refractivity contribution < 1.29 is 4.74 Å². The molecule has 0 aromatic rings. The Morgan fingerprint density at radius 1 is 1.67 bits per heavy atom. The van der Waals surface area contributed by atoms with E-state index in [1.165, 1.54) is 0 Å². The van der Waals surface area contributed by atoms with Crippen molar-refractivity contribution in [2.75, 3.05) is 7.11 Å². The molecule has 0 amide bonds. The number of rotatable bonds is 4. The first kappa shape index (κ1) is 8.52. The van der Waals surface area contributed by atoms with Crippen LogP contribution in [0.4, 0.5) is 0 Å². The zero-order chi connectivity index (χ0) is 7.11. The molecule has 0 aliphatic carbocycles. The van der Waals surface area contributed by atoms with E-state index < -0.39 is 0 Å². The number of hydrogen-bond acceptors (Lipinski definition) is 1. The molecule has 1 nitrogen and oxygen atoms in total. The first-order valence-electron chi connectivity index (χ1n) is 3.31. The molecule has 52 valence electrons. The lowest BCUT2D eigenvalue weighted by atomic mass is 10.1. The average molecular weight is 126 g/mol. The largest absolute Gasteiger partial charge is 0.381 e. The molecule has 1 atom stereocenters. The molecule has 1 heteroatoms. The highest BCUT2D eigenvalue weighted by Gasteiger charge is 2.00. The second-order valence-corrected chi connectivity index (χ2v) is 2.01. The molecule has 0 heterocycles. The Kier molecular flexibility index (Phi) is 5.35. The summed E-state index contributed by atoms with van der Waals surface area (Å²) in [4.78, 5) is 0. The van der Waals surface area contributed by atoms with Gasteiger partial charge in [-0.2, -0.15) is 0 Å². The number of hydrogen-bond donors (Lipinski definition) is 0. The fourth-order valence-electron chi connectivity index (χ4n) is 0.733. The molecule has 0 aliphatic heterocycles. The Labute approximate surface area is 57.4 Å². The van der Waals surface area contributed by atoms with Crippen molar-refractivity contribution in [3.8, 4) is 12.3 Å². The van der Waals surface area contributed by atoms with Crippen LogP contribution in [0.3, 0.4) is 0 Å². The van der Waals surface area contributed by atoms with Crippen LogP contribution in [0.2, 0.25) is 0 Å². The zero-order valence-electron chi connectivity index (χ0n) is 6.18. The monoisotopic (exact) mass is 126 g/mol. The van der Waals surface area contributed by atoms with Crippen molar-refractivity contribution in [2.24, 2.45) is 0 Å². The first-order chi connectivity index (χ1) is 4.35. The molecule has 0 spiro atoms. The zero-order valence-corrected chi connectivity index (χ0v) is 6.18. The van der Waals surface area contributed by atoms with Gasteiger partial charge in [0.2, 0.25) is 0 Å². The second kappa shape index (κ2) is 5.65. The van der Waals surface area contributed by atoms with Gasteiger partial charge in [0.15, 0.2) is 0 Å². The van der Waals surface area contributed by atoms with Crippen LogP contribution in [-0.2, 0) is 4.74 Å². The lowest BCUT2D eigenvalue weighted by Gasteiger charge is -2.09. The first-order valence-corrected chi connectivity index (χ1v) is 3.31. The maximum Gasteiger partial charge on any atom is 0.0577 e. The molecule has 0 saturated carbocycles. The van der Waals surface area contributed by atoms with E-state index in [2.05, 4.69) is 12.8 Å². The summed E-state index contributed by atoms with van der Waals surface area (Å²) in [5.41, 5.74) is 0. The van der Waals surface area contributed by atoms with Gasteiger partial charge in [0, 0.05) is 13.5 Å². The van der Waals surface area contributed by atoms with Gasteiger partial charge >= 0.3 is 0 Å². The van der Waals surface area contributed by atoms with Crippen molar-refractivity contribution >= 4 is 0 Å². The molecular formula is C8H14O. The molecule has 0 radical (unpaired) electrons. The molecule has 9 heavy (non-hydrogen) atoms. The van der Waals surface area contributed by atoms with Gasteiger partial charge in [-0.3, -0.25) is 0 Å². The Morgan fingerprint density at radius 3 is 2.67 bits per heavy atom. The molecule has 0 rings (SSSR count).